The Morgan fingerprint density at radius 1 is 1.03 bits per heavy atom. The van der Waals surface area contributed by atoms with E-state index in [0.717, 1.165) is 5.56 Å². The van der Waals surface area contributed by atoms with Gasteiger partial charge in [0.2, 0.25) is 0 Å². The average Bonchev–Trinajstić information content (AvgIpc) is 3.25. The number of carbonyl (C=O) groups excluding carboxylic acids is 1. The fourth-order valence-electron chi connectivity index (χ4n) is 3.58. The number of amides is 1. The molecule has 5 nitrogen and oxygen atoms in total. The summed E-state index contributed by atoms with van der Waals surface area (Å²) in [5, 5.41) is 3.33. The minimum Gasteiger partial charge on any atom is -0.467 e. The number of carbonyl (C=O) groups is 1. The van der Waals surface area contributed by atoms with Crippen LogP contribution in [0, 0.1) is 13.8 Å². The molecule has 0 radical (unpaired) electrons. The minimum absolute atomic E-state index is 0.0357. The quantitative estimate of drug-likeness (QED) is 0.441. The maximum absolute atomic E-state index is 13.4. The smallest absolute Gasteiger partial charge is 0.261 e. The van der Waals surface area contributed by atoms with Gasteiger partial charge in [-0.15, -0.1) is 0 Å². The molecule has 4 aromatic rings. The number of furan rings is 1. The Hall–Kier alpha value is -3.57. The summed E-state index contributed by atoms with van der Waals surface area (Å²) in [6.45, 7) is 4.08. The molecule has 0 aliphatic rings. The van der Waals surface area contributed by atoms with Crippen molar-refractivity contribution in [3.05, 3.63) is 111 Å². The van der Waals surface area contributed by atoms with Crippen molar-refractivity contribution in [1.82, 2.24) is 4.57 Å². The molecule has 0 saturated heterocycles. The molecule has 0 fully saturated rings. The first-order valence-electron chi connectivity index (χ1n) is 9.84. The van der Waals surface area contributed by atoms with E-state index >= 15 is 0 Å². The van der Waals surface area contributed by atoms with Crippen LogP contribution in [0.5, 0.6) is 0 Å². The van der Waals surface area contributed by atoms with E-state index in [1.807, 2.05) is 54.8 Å². The Morgan fingerprint density at radius 3 is 2.48 bits per heavy atom. The van der Waals surface area contributed by atoms with Crippen molar-refractivity contribution in [2.75, 3.05) is 5.32 Å². The lowest BCUT2D eigenvalue weighted by molar-refractivity contribution is 0.102. The van der Waals surface area contributed by atoms with E-state index in [-0.39, 0.29) is 11.0 Å². The largest absolute Gasteiger partial charge is 0.467 e. The first kappa shape index (κ1) is 20.7. The lowest BCUT2D eigenvalue weighted by Gasteiger charge is -2.20. The Kier molecular flexibility index (Phi) is 5.78. The third-order valence-corrected chi connectivity index (χ3v) is 5.49. The second-order valence-electron chi connectivity index (χ2n) is 7.29. The monoisotopic (exact) mass is 432 g/mol. The molecule has 1 N–H and O–H groups in total. The van der Waals surface area contributed by atoms with Crippen LogP contribution in [0.3, 0.4) is 0 Å². The zero-order valence-corrected chi connectivity index (χ0v) is 17.9. The van der Waals surface area contributed by atoms with Gasteiger partial charge in [0.05, 0.1) is 18.5 Å². The van der Waals surface area contributed by atoms with Gasteiger partial charge in [-0.1, -0.05) is 48.0 Å². The summed E-state index contributed by atoms with van der Waals surface area (Å²) in [6.07, 6.45) is 1.59. The molecule has 6 heteroatoms. The summed E-state index contributed by atoms with van der Waals surface area (Å²) in [5.41, 5.74) is 2.98. The molecule has 0 bridgehead atoms. The van der Waals surface area contributed by atoms with Crippen LogP contribution >= 0.6 is 11.6 Å². The van der Waals surface area contributed by atoms with E-state index in [1.54, 1.807) is 30.5 Å². The summed E-state index contributed by atoms with van der Waals surface area (Å²) < 4.78 is 7.41. The van der Waals surface area contributed by atoms with E-state index < -0.39 is 5.91 Å². The maximum atomic E-state index is 13.4. The first-order valence-corrected chi connectivity index (χ1v) is 10.2. The normalized spacial score (nSPS) is 10.8. The zero-order valence-electron chi connectivity index (χ0n) is 17.2. The van der Waals surface area contributed by atoms with Crippen molar-refractivity contribution < 1.29 is 9.21 Å². The van der Waals surface area contributed by atoms with Crippen LogP contribution < -0.4 is 10.7 Å². The third kappa shape index (κ3) is 4.18. The Balaban J connectivity index is 1.93. The first-order chi connectivity index (χ1) is 15.0. The maximum Gasteiger partial charge on any atom is 0.261 e. The Bertz CT molecular complexity index is 1310. The van der Waals surface area contributed by atoms with E-state index in [2.05, 4.69) is 5.32 Å². The highest BCUT2D eigenvalue weighted by atomic mass is 35.5. The average molecular weight is 433 g/mol. The number of anilines is 1. The number of para-hydroxylation sites is 1. The third-order valence-electron chi connectivity index (χ3n) is 5.16. The van der Waals surface area contributed by atoms with Crippen molar-refractivity contribution in [3.63, 3.8) is 0 Å². The Morgan fingerprint density at radius 2 is 1.77 bits per heavy atom. The molecule has 2 heterocycles. The SMILES string of the molecule is Cc1ccccc1NC(=O)c1c(-c2ccccc2Cl)n(Cc2ccco2)c(C)cc1=O. The van der Waals surface area contributed by atoms with E-state index in [1.165, 1.54) is 6.07 Å². The summed E-state index contributed by atoms with van der Waals surface area (Å²) in [4.78, 5) is 26.4. The minimum atomic E-state index is -0.484. The van der Waals surface area contributed by atoms with Gasteiger partial charge in [-0.3, -0.25) is 9.59 Å². The summed E-state index contributed by atoms with van der Waals surface area (Å²) in [5.74, 6) is 0.215. The standard InChI is InChI=1S/C25H21ClN2O3/c1-16-8-3-6-12-21(16)27-25(30)23-22(29)14-17(2)28(15-18-9-7-13-31-18)24(23)19-10-4-5-11-20(19)26/h3-14H,15H2,1-2H3,(H,27,30). The highest BCUT2D eigenvalue weighted by Gasteiger charge is 2.24. The van der Waals surface area contributed by atoms with Crippen LogP contribution in [0.25, 0.3) is 11.3 Å². The second kappa shape index (κ2) is 8.66. The molecule has 0 saturated carbocycles. The number of hydrogen-bond donors (Lipinski definition) is 1. The topological polar surface area (TPSA) is 64.2 Å². The number of nitrogens with one attached hydrogen (secondary N) is 1. The van der Waals surface area contributed by atoms with Gasteiger partial charge in [0, 0.05) is 28.0 Å². The summed E-state index contributed by atoms with van der Waals surface area (Å²) in [6, 6.07) is 19.7. The van der Waals surface area contributed by atoms with E-state index in [9.17, 15) is 9.59 Å². The molecule has 1 amide bonds. The number of benzene rings is 2. The van der Waals surface area contributed by atoms with Gasteiger partial charge in [-0.2, -0.15) is 0 Å². The van der Waals surface area contributed by atoms with E-state index in [4.69, 9.17) is 16.0 Å². The van der Waals surface area contributed by atoms with Gasteiger partial charge in [-0.25, -0.2) is 0 Å². The molecule has 0 aliphatic carbocycles. The fourth-order valence-corrected chi connectivity index (χ4v) is 3.81. The molecule has 0 atom stereocenters. The summed E-state index contributed by atoms with van der Waals surface area (Å²) >= 11 is 6.51. The zero-order chi connectivity index (χ0) is 22.0. The molecular formula is C25H21ClN2O3. The van der Waals surface area contributed by atoms with Crippen LogP contribution in [0.15, 0.2) is 82.2 Å². The van der Waals surface area contributed by atoms with Gasteiger partial charge in [-0.05, 0) is 43.7 Å². The summed E-state index contributed by atoms with van der Waals surface area (Å²) in [7, 11) is 0. The van der Waals surface area contributed by atoms with Crippen molar-refractivity contribution in [1.29, 1.82) is 0 Å². The molecule has 0 unspecified atom stereocenters. The lowest BCUT2D eigenvalue weighted by Crippen LogP contribution is -2.27. The predicted octanol–water partition coefficient (Wildman–Crippen LogP) is 5.68. The van der Waals surface area contributed by atoms with Crippen LogP contribution in [-0.2, 0) is 6.54 Å². The Labute approximate surface area is 184 Å². The molecule has 2 aromatic carbocycles. The highest BCUT2D eigenvalue weighted by molar-refractivity contribution is 6.33. The second-order valence-corrected chi connectivity index (χ2v) is 7.70. The molecular weight excluding hydrogens is 412 g/mol. The van der Waals surface area contributed by atoms with Crippen molar-refractivity contribution in [2.24, 2.45) is 0 Å². The van der Waals surface area contributed by atoms with Gasteiger partial charge >= 0.3 is 0 Å². The van der Waals surface area contributed by atoms with Crippen LogP contribution in [0.1, 0.15) is 27.4 Å². The molecule has 156 valence electrons. The number of halogens is 1. The van der Waals surface area contributed by atoms with Gasteiger partial charge < -0.3 is 14.3 Å². The van der Waals surface area contributed by atoms with Crippen LogP contribution in [0.2, 0.25) is 5.02 Å². The van der Waals surface area contributed by atoms with Gasteiger partial charge in [0.1, 0.15) is 11.3 Å². The lowest BCUT2D eigenvalue weighted by atomic mass is 10.0. The van der Waals surface area contributed by atoms with Crippen molar-refractivity contribution >= 4 is 23.2 Å². The van der Waals surface area contributed by atoms with Gasteiger partial charge in [0.25, 0.3) is 5.91 Å². The highest BCUT2D eigenvalue weighted by Crippen LogP contribution is 2.31. The fraction of sp³-hybridized carbons (Fsp3) is 0.120. The molecule has 31 heavy (non-hydrogen) atoms. The molecule has 2 aromatic heterocycles. The number of pyridine rings is 1. The number of rotatable bonds is 5. The van der Waals surface area contributed by atoms with Gasteiger partial charge in [0.15, 0.2) is 5.43 Å². The molecule has 0 aliphatic heterocycles. The van der Waals surface area contributed by atoms with Crippen molar-refractivity contribution in [3.8, 4) is 11.3 Å². The van der Waals surface area contributed by atoms with Crippen LogP contribution in [-0.4, -0.2) is 10.5 Å². The number of hydrogen-bond acceptors (Lipinski definition) is 3. The molecule has 0 spiro atoms. The molecule has 4 rings (SSSR count). The number of aryl methyl sites for hydroxylation is 2. The predicted molar refractivity (Wildman–Crippen MR) is 123 cm³/mol. The van der Waals surface area contributed by atoms with E-state index in [0.29, 0.717) is 40.0 Å². The number of nitrogens with zero attached hydrogens (tertiary/aromatic N) is 1. The van der Waals surface area contributed by atoms with Crippen molar-refractivity contribution in [2.45, 2.75) is 20.4 Å². The number of aromatic nitrogens is 1. The van der Waals surface area contributed by atoms with Crippen LogP contribution in [0.4, 0.5) is 5.69 Å².